The number of carbonyl (C=O) groups excluding carboxylic acids is 2. The zero-order valence-corrected chi connectivity index (χ0v) is 19.0. The Morgan fingerprint density at radius 2 is 1.41 bits per heavy atom. The van der Waals surface area contributed by atoms with Gasteiger partial charge in [-0.15, -0.1) is 0 Å². The number of hydrogen-bond donors (Lipinski definition) is 1. The lowest BCUT2D eigenvalue weighted by molar-refractivity contribution is -0.123. The smallest absolute Gasteiger partial charge is 0.258 e. The summed E-state index contributed by atoms with van der Waals surface area (Å²) >= 11 is 0. The highest BCUT2D eigenvalue weighted by Gasteiger charge is 2.21. The van der Waals surface area contributed by atoms with Crippen LogP contribution in [0.3, 0.4) is 0 Å². The Morgan fingerprint density at radius 3 is 1.88 bits per heavy atom. The van der Waals surface area contributed by atoms with Gasteiger partial charge in [-0.05, 0) is 23.6 Å². The molecule has 3 aromatic rings. The highest BCUT2D eigenvalue weighted by Crippen LogP contribution is 2.17. The monoisotopic (exact) mass is 446 g/mol. The highest BCUT2D eigenvalue weighted by atomic mass is 16.2. The van der Waals surface area contributed by atoms with E-state index in [4.69, 9.17) is 5.26 Å². The first kappa shape index (κ1) is 25.5. The second-order valence-corrected chi connectivity index (χ2v) is 7.15. The molecule has 0 unspecified atom stereocenters. The molecule has 1 N–H and O–H groups in total. The maximum atomic E-state index is 11.2. The van der Waals surface area contributed by atoms with E-state index in [-0.39, 0.29) is 11.8 Å². The molecule has 0 aliphatic carbocycles. The standard InChI is InChI=1S/C11H9N.C10H7NO2.C9H10/c12-10-6-2-5-9-11-7-3-1-4-8-11;12-9-6-8(10(13)11-9)7-4-2-1-3-5-7;1-8(2)9-6-4-3-5-7-9/h1-9H;1-6H,(H,11,12,13);3-7H,1H2,2H3. The molecule has 1 aliphatic rings. The number of nitrogens with one attached hydrogen (secondary N) is 1. The van der Waals surface area contributed by atoms with E-state index in [1.165, 1.54) is 17.7 Å². The van der Waals surface area contributed by atoms with Crippen LogP contribution in [0.2, 0.25) is 0 Å². The third kappa shape index (κ3) is 9.17. The summed E-state index contributed by atoms with van der Waals surface area (Å²) in [4.78, 5) is 22.0. The lowest BCUT2D eigenvalue weighted by Crippen LogP contribution is -2.21. The molecule has 168 valence electrons. The molecule has 0 saturated heterocycles. The molecule has 0 spiro atoms. The first-order valence-corrected chi connectivity index (χ1v) is 10.6. The average Bonchev–Trinajstić information content (AvgIpc) is 3.22. The van der Waals surface area contributed by atoms with Crippen molar-refractivity contribution in [3.8, 4) is 6.07 Å². The van der Waals surface area contributed by atoms with Crippen molar-refractivity contribution < 1.29 is 9.59 Å². The Hall–Kier alpha value is -4.75. The summed E-state index contributed by atoms with van der Waals surface area (Å²) in [5, 5.41) is 10.4. The van der Waals surface area contributed by atoms with Crippen molar-refractivity contribution >= 4 is 29.0 Å². The number of nitriles is 1. The van der Waals surface area contributed by atoms with E-state index in [2.05, 4.69) is 24.0 Å². The molecule has 2 amide bonds. The van der Waals surface area contributed by atoms with Crippen molar-refractivity contribution in [3.63, 3.8) is 0 Å². The van der Waals surface area contributed by atoms with Crippen LogP contribution in [0.1, 0.15) is 23.6 Å². The van der Waals surface area contributed by atoms with Crippen LogP contribution in [0.5, 0.6) is 0 Å². The second kappa shape index (κ2) is 14.3. The lowest BCUT2D eigenvalue weighted by atomic mass is 10.1. The summed E-state index contributed by atoms with van der Waals surface area (Å²) in [5.41, 5.74) is 4.68. The maximum absolute atomic E-state index is 11.2. The predicted molar refractivity (Wildman–Crippen MR) is 139 cm³/mol. The molecule has 1 aliphatic heterocycles. The molecule has 0 radical (unpaired) electrons. The summed E-state index contributed by atoms with van der Waals surface area (Å²) in [6.45, 7) is 5.83. The van der Waals surface area contributed by atoms with Gasteiger partial charge in [-0.3, -0.25) is 14.9 Å². The van der Waals surface area contributed by atoms with Gasteiger partial charge >= 0.3 is 0 Å². The topological polar surface area (TPSA) is 70.0 Å². The lowest BCUT2D eigenvalue weighted by Gasteiger charge is -1.97. The van der Waals surface area contributed by atoms with Crippen molar-refractivity contribution in [2.24, 2.45) is 0 Å². The number of benzene rings is 3. The second-order valence-electron chi connectivity index (χ2n) is 7.15. The van der Waals surface area contributed by atoms with Crippen LogP contribution in [0, 0.1) is 11.3 Å². The SMILES string of the molecule is C=C(C)c1ccccc1.N#CC=CC=Cc1ccccc1.O=C1C=C(c2ccccc2)C(=O)N1. The van der Waals surface area contributed by atoms with Crippen molar-refractivity contribution in [1.82, 2.24) is 5.32 Å². The van der Waals surface area contributed by atoms with Crippen molar-refractivity contribution in [2.75, 3.05) is 0 Å². The van der Waals surface area contributed by atoms with Gasteiger partial charge < -0.3 is 0 Å². The van der Waals surface area contributed by atoms with Crippen LogP contribution < -0.4 is 5.32 Å². The first-order chi connectivity index (χ1) is 16.5. The minimum absolute atomic E-state index is 0.323. The summed E-state index contributed by atoms with van der Waals surface area (Å²) in [6, 6.07) is 31.1. The molecular weight excluding hydrogens is 420 g/mol. The molecule has 4 rings (SSSR count). The van der Waals surface area contributed by atoms with Crippen molar-refractivity contribution in [2.45, 2.75) is 6.92 Å². The van der Waals surface area contributed by atoms with Crippen molar-refractivity contribution in [3.05, 3.63) is 139 Å². The number of imide groups is 1. The number of amides is 2. The van der Waals surface area contributed by atoms with Crippen LogP contribution in [0.4, 0.5) is 0 Å². The van der Waals surface area contributed by atoms with Gasteiger partial charge in [0.15, 0.2) is 0 Å². The molecule has 0 aromatic heterocycles. The van der Waals surface area contributed by atoms with E-state index < -0.39 is 0 Å². The molecule has 3 aromatic carbocycles. The minimum Gasteiger partial charge on any atom is -0.289 e. The molecular formula is C30H26N2O2. The third-order valence-electron chi connectivity index (χ3n) is 4.48. The molecule has 0 atom stereocenters. The van der Waals surface area contributed by atoms with Gasteiger partial charge in [0.2, 0.25) is 0 Å². The maximum Gasteiger partial charge on any atom is 0.258 e. The van der Waals surface area contributed by atoms with E-state index in [0.717, 1.165) is 16.7 Å². The van der Waals surface area contributed by atoms with Gasteiger partial charge in [0.1, 0.15) is 0 Å². The summed E-state index contributed by atoms with van der Waals surface area (Å²) in [5.74, 6) is -0.667. The molecule has 4 nitrogen and oxygen atoms in total. The number of nitrogens with zero attached hydrogens (tertiary/aromatic N) is 1. The van der Waals surface area contributed by atoms with E-state index >= 15 is 0 Å². The summed E-state index contributed by atoms with van der Waals surface area (Å²) < 4.78 is 0. The molecule has 34 heavy (non-hydrogen) atoms. The van der Waals surface area contributed by atoms with Gasteiger partial charge in [0.05, 0.1) is 11.6 Å². The van der Waals surface area contributed by atoms with Crippen LogP contribution >= 0.6 is 0 Å². The fourth-order valence-electron chi connectivity index (χ4n) is 2.80. The third-order valence-corrected chi connectivity index (χ3v) is 4.48. The number of carbonyl (C=O) groups is 2. The Labute approximate surface area is 200 Å². The highest BCUT2D eigenvalue weighted by molar-refractivity contribution is 6.33. The molecule has 0 saturated carbocycles. The van der Waals surface area contributed by atoms with Gasteiger partial charge in [-0.2, -0.15) is 5.26 Å². The molecule has 0 bridgehead atoms. The van der Waals surface area contributed by atoms with E-state index in [1.807, 2.05) is 91.9 Å². The van der Waals surface area contributed by atoms with Crippen LogP contribution in [-0.4, -0.2) is 11.8 Å². The quantitative estimate of drug-likeness (QED) is 0.294. The van der Waals surface area contributed by atoms with E-state index in [9.17, 15) is 9.59 Å². The Kier molecular flexibility index (Phi) is 10.8. The molecule has 1 heterocycles. The number of rotatable bonds is 4. The summed E-state index contributed by atoms with van der Waals surface area (Å²) in [7, 11) is 0. The van der Waals surface area contributed by atoms with E-state index in [1.54, 1.807) is 18.2 Å². The van der Waals surface area contributed by atoms with E-state index in [0.29, 0.717) is 5.57 Å². The fraction of sp³-hybridized carbons (Fsp3) is 0.0333. The Balaban J connectivity index is 0.000000183. The van der Waals surface area contributed by atoms with Crippen LogP contribution in [0.25, 0.3) is 17.2 Å². The normalized spacial score (nSPS) is 12.1. The van der Waals surface area contributed by atoms with Gasteiger partial charge in [-0.25, -0.2) is 0 Å². The fourth-order valence-corrected chi connectivity index (χ4v) is 2.80. The molecule has 0 fully saturated rings. The average molecular weight is 447 g/mol. The Morgan fingerprint density at radius 1 is 0.853 bits per heavy atom. The van der Waals surface area contributed by atoms with Gasteiger partial charge in [0.25, 0.3) is 11.8 Å². The zero-order chi connectivity index (χ0) is 24.6. The molecule has 4 heteroatoms. The Bertz CT molecular complexity index is 1220. The predicted octanol–water partition coefficient (Wildman–Crippen LogP) is 6.23. The first-order valence-electron chi connectivity index (χ1n) is 10.6. The zero-order valence-electron chi connectivity index (χ0n) is 19.0. The summed E-state index contributed by atoms with van der Waals surface area (Å²) in [6.07, 6.45) is 8.27. The minimum atomic E-state index is -0.344. The number of allylic oxidation sites excluding steroid dienone is 4. The van der Waals surface area contributed by atoms with Gasteiger partial charge in [-0.1, -0.05) is 121 Å². The van der Waals surface area contributed by atoms with Crippen molar-refractivity contribution in [1.29, 1.82) is 5.26 Å². The van der Waals surface area contributed by atoms with Gasteiger partial charge in [0, 0.05) is 12.2 Å². The number of hydrogen-bond acceptors (Lipinski definition) is 3. The van der Waals surface area contributed by atoms with Crippen LogP contribution in [0.15, 0.2) is 122 Å². The largest absolute Gasteiger partial charge is 0.289 e. The van der Waals surface area contributed by atoms with Crippen LogP contribution in [-0.2, 0) is 9.59 Å².